The number of hydrogen-bond donors (Lipinski definition) is 0. The summed E-state index contributed by atoms with van der Waals surface area (Å²) in [6, 6.07) is 38.7. The fraction of sp³-hybridized carbons (Fsp3) is 0.154. The number of benzene rings is 5. The van der Waals surface area contributed by atoms with Crippen LogP contribution in [-0.2, 0) is 10.8 Å². The second-order valence-electron chi connectivity index (χ2n) is 12.6. The molecule has 0 saturated carbocycles. The van der Waals surface area contributed by atoms with Crippen LogP contribution in [0.1, 0.15) is 49.9 Å². The van der Waals surface area contributed by atoms with E-state index in [0.717, 1.165) is 34.0 Å². The zero-order valence-corrected chi connectivity index (χ0v) is 26.5. The third-order valence-corrected chi connectivity index (χ3v) is 10.5. The Hall–Kier alpha value is -4.94. The molecule has 45 heavy (non-hydrogen) atoms. The SMILES string of the molecule is CC1(C)c2ccccc2Oc2c(N(c3ccc(-c4cccc5c4Sc4ccccc4C5(C)C)cc3)c3ncncn3)cccc21. The summed E-state index contributed by atoms with van der Waals surface area (Å²) in [5, 5.41) is 0. The summed E-state index contributed by atoms with van der Waals surface area (Å²) >= 11 is 1.87. The van der Waals surface area contributed by atoms with Crippen molar-refractivity contribution in [2.45, 2.75) is 48.3 Å². The maximum Gasteiger partial charge on any atom is 0.237 e. The van der Waals surface area contributed by atoms with Gasteiger partial charge in [0, 0.05) is 37.4 Å². The summed E-state index contributed by atoms with van der Waals surface area (Å²) in [4.78, 5) is 17.9. The Balaban J connectivity index is 1.24. The lowest BCUT2D eigenvalue weighted by Crippen LogP contribution is -2.25. The molecule has 2 aliphatic heterocycles. The maximum absolute atomic E-state index is 6.66. The van der Waals surface area contributed by atoms with Gasteiger partial charge in [0.05, 0.1) is 5.69 Å². The third kappa shape index (κ3) is 4.35. The van der Waals surface area contributed by atoms with Crippen molar-refractivity contribution in [3.05, 3.63) is 144 Å². The van der Waals surface area contributed by atoms with Gasteiger partial charge in [-0.2, -0.15) is 0 Å². The first-order chi connectivity index (χ1) is 21.8. The summed E-state index contributed by atoms with van der Waals surface area (Å²) in [5.74, 6) is 2.20. The van der Waals surface area contributed by atoms with Crippen LogP contribution in [0.4, 0.5) is 17.3 Å². The van der Waals surface area contributed by atoms with Crippen molar-refractivity contribution in [2.75, 3.05) is 4.90 Å². The fourth-order valence-electron chi connectivity index (χ4n) is 6.82. The van der Waals surface area contributed by atoms with Crippen LogP contribution < -0.4 is 9.64 Å². The Bertz CT molecular complexity index is 2070. The van der Waals surface area contributed by atoms with Crippen molar-refractivity contribution in [3.8, 4) is 22.6 Å². The topological polar surface area (TPSA) is 51.1 Å². The zero-order chi connectivity index (χ0) is 30.8. The molecule has 220 valence electrons. The highest BCUT2D eigenvalue weighted by atomic mass is 32.2. The standard InChI is InChI=1S/C39H32N4OS/c1-38(2)28-12-5-7-17-33(28)44-35-30(38)14-10-16-32(35)43(37-41-23-40-24-42-37)26-21-19-25(20-22-26)27-11-9-15-31-36(27)45-34-18-8-6-13-29(34)39(31,3)4/h5-24H,1-4H3. The number of fused-ring (bicyclic) bond motifs is 4. The van der Waals surface area contributed by atoms with Crippen LogP contribution in [0, 0.1) is 0 Å². The Morgan fingerprint density at radius 3 is 2.07 bits per heavy atom. The summed E-state index contributed by atoms with van der Waals surface area (Å²) < 4.78 is 6.66. The van der Waals surface area contributed by atoms with E-state index in [9.17, 15) is 0 Å². The maximum atomic E-state index is 6.66. The predicted octanol–water partition coefficient (Wildman–Crippen LogP) is 10.2. The van der Waals surface area contributed by atoms with Gasteiger partial charge in [-0.05, 0) is 52.6 Å². The van der Waals surface area contributed by atoms with Crippen LogP contribution in [0.3, 0.4) is 0 Å². The molecule has 0 saturated heterocycles. The molecule has 6 aromatic rings. The van der Waals surface area contributed by atoms with E-state index >= 15 is 0 Å². The Labute approximate surface area is 268 Å². The molecule has 0 spiro atoms. The van der Waals surface area contributed by atoms with Gasteiger partial charge < -0.3 is 4.74 Å². The highest BCUT2D eigenvalue weighted by molar-refractivity contribution is 7.99. The predicted molar refractivity (Wildman–Crippen MR) is 181 cm³/mol. The second-order valence-corrected chi connectivity index (χ2v) is 13.7. The number of ether oxygens (including phenoxy) is 1. The number of anilines is 3. The van der Waals surface area contributed by atoms with Crippen LogP contribution in [-0.4, -0.2) is 15.0 Å². The molecule has 0 radical (unpaired) electrons. The molecular weight excluding hydrogens is 573 g/mol. The minimum absolute atomic E-state index is 0.0819. The zero-order valence-electron chi connectivity index (χ0n) is 25.7. The van der Waals surface area contributed by atoms with Gasteiger partial charge in [0.25, 0.3) is 0 Å². The third-order valence-electron chi connectivity index (χ3n) is 9.26. The van der Waals surface area contributed by atoms with Crippen molar-refractivity contribution in [2.24, 2.45) is 0 Å². The van der Waals surface area contributed by atoms with E-state index < -0.39 is 0 Å². The number of aromatic nitrogens is 3. The van der Waals surface area contributed by atoms with Crippen molar-refractivity contribution in [1.82, 2.24) is 15.0 Å². The molecular formula is C39H32N4OS. The molecule has 0 bridgehead atoms. The fourth-order valence-corrected chi connectivity index (χ4v) is 8.35. The van der Waals surface area contributed by atoms with Crippen molar-refractivity contribution in [3.63, 3.8) is 0 Å². The summed E-state index contributed by atoms with van der Waals surface area (Å²) in [6.07, 6.45) is 3.07. The van der Waals surface area contributed by atoms with E-state index in [1.165, 1.54) is 44.7 Å². The minimum Gasteiger partial charge on any atom is -0.455 e. The van der Waals surface area contributed by atoms with E-state index in [0.29, 0.717) is 5.95 Å². The van der Waals surface area contributed by atoms with Crippen LogP contribution >= 0.6 is 11.8 Å². The first kappa shape index (κ1) is 27.6. The monoisotopic (exact) mass is 604 g/mol. The molecule has 0 N–H and O–H groups in total. The van der Waals surface area contributed by atoms with E-state index in [2.05, 4.69) is 145 Å². The lowest BCUT2D eigenvalue weighted by Gasteiger charge is -2.37. The molecule has 0 unspecified atom stereocenters. The molecule has 8 rings (SSSR count). The van der Waals surface area contributed by atoms with Crippen molar-refractivity contribution in [1.29, 1.82) is 0 Å². The summed E-state index contributed by atoms with van der Waals surface area (Å²) in [5.41, 5.74) is 8.89. The van der Waals surface area contributed by atoms with Gasteiger partial charge in [-0.15, -0.1) is 0 Å². The lowest BCUT2D eigenvalue weighted by atomic mass is 9.75. The molecule has 3 heterocycles. The average molecular weight is 605 g/mol. The first-order valence-corrected chi connectivity index (χ1v) is 16.0. The first-order valence-electron chi connectivity index (χ1n) is 15.2. The van der Waals surface area contributed by atoms with Gasteiger partial charge >= 0.3 is 0 Å². The van der Waals surface area contributed by atoms with Crippen molar-refractivity contribution < 1.29 is 4.74 Å². The van der Waals surface area contributed by atoms with Gasteiger partial charge in [-0.25, -0.2) is 15.0 Å². The number of hydrogen-bond acceptors (Lipinski definition) is 6. The smallest absolute Gasteiger partial charge is 0.237 e. The molecule has 0 amide bonds. The summed E-state index contributed by atoms with van der Waals surface area (Å²) in [7, 11) is 0. The van der Waals surface area contributed by atoms with Gasteiger partial charge in [-0.3, -0.25) is 4.90 Å². The van der Waals surface area contributed by atoms with E-state index in [-0.39, 0.29) is 10.8 Å². The minimum atomic E-state index is -0.245. The quantitative estimate of drug-likeness (QED) is 0.200. The Kier molecular flexibility index (Phi) is 6.33. The second kappa shape index (κ2) is 10.3. The average Bonchev–Trinajstić information content (AvgIpc) is 3.06. The van der Waals surface area contributed by atoms with Gasteiger partial charge in [-0.1, -0.05) is 118 Å². The van der Waals surface area contributed by atoms with Crippen LogP contribution in [0.2, 0.25) is 0 Å². The number of nitrogens with zero attached hydrogens (tertiary/aromatic N) is 4. The normalized spacial score (nSPS) is 15.1. The van der Waals surface area contributed by atoms with E-state index in [1.807, 2.05) is 23.9 Å². The Morgan fingerprint density at radius 2 is 1.27 bits per heavy atom. The van der Waals surface area contributed by atoms with E-state index in [1.54, 1.807) is 0 Å². The van der Waals surface area contributed by atoms with Gasteiger partial charge in [0.15, 0.2) is 5.75 Å². The largest absolute Gasteiger partial charge is 0.455 e. The van der Waals surface area contributed by atoms with Crippen LogP contribution in [0.15, 0.2) is 132 Å². The van der Waals surface area contributed by atoms with Crippen LogP contribution in [0.25, 0.3) is 11.1 Å². The molecule has 0 atom stereocenters. The highest BCUT2D eigenvalue weighted by Crippen LogP contribution is 2.54. The molecule has 1 aromatic heterocycles. The highest BCUT2D eigenvalue weighted by Gasteiger charge is 2.37. The molecule has 0 fully saturated rings. The number of para-hydroxylation sites is 2. The molecule has 6 heteroatoms. The van der Waals surface area contributed by atoms with E-state index in [4.69, 9.17) is 4.74 Å². The molecule has 2 aliphatic rings. The molecule has 5 aromatic carbocycles. The lowest BCUT2D eigenvalue weighted by molar-refractivity contribution is 0.419. The van der Waals surface area contributed by atoms with Crippen molar-refractivity contribution >= 4 is 29.1 Å². The van der Waals surface area contributed by atoms with Crippen LogP contribution in [0.5, 0.6) is 11.5 Å². The van der Waals surface area contributed by atoms with Gasteiger partial charge in [0.1, 0.15) is 18.4 Å². The summed E-state index contributed by atoms with van der Waals surface area (Å²) in [6.45, 7) is 9.15. The van der Waals surface area contributed by atoms with Gasteiger partial charge in [0.2, 0.25) is 5.95 Å². The molecule has 5 nitrogen and oxygen atoms in total. The Morgan fingerprint density at radius 1 is 0.622 bits per heavy atom. The number of rotatable bonds is 4. The molecule has 0 aliphatic carbocycles.